The fraction of sp³-hybridized carbons (Fsp3) is 0.273. The first-order valence-corrected chi connectivity index (χ1v) is 9.64. The molecule has 0 radical (unpaired) electrons. The van der Waals surface area contributed by atoms with E-state index in [1.54, 1.807) is 36.3 Å². The number of nitrogens with one attached hydrogen (secondary N) is 1. The molecule has 1 aliphatic rings. The van der Waals surface area contributed by atoms with Crippen LogP contribution >= 0.6 is 0 Å². The number of carbonyl (C=O) groups is 2. The molecule has 0 saturated heterocycles. The average molecular weight is 407 g/mol. The fourth-order valence-corrected chi connectivity index (χ4v) is 3.28. The lowest BCUT2D eigenvalue weighted by Gasteiger charge is -2.22. The van der Waals surface area contributed by atoms with Crippen molar-refractivity contribution in [3.05, 3.63) is 70.1 Å². The summed E-state index contributed by atoms with van der Waals surface area (Å²) in [4.78, 5) is 38.9. The summed E-state index contributed by atoms with van der Waals surface area (Å²) in [7, 11) is 1.60. The van der Waals surface area contributed by atoms with E-state index >= 15 is 0 Å². The van der Waals surface area contributed by atoms with Crippen molar-refractivity contribution in [3.8, 4) is 5.75 Å². The Kier molecular flexibility index (Phi) is 5.47. The number of ether oxygens (including phenoxy) is 2. The molecule has 0 bridgehead atoms. The van der Waals surface area contributed by atoms with Crippen molar-refractivity contribution in [2.24, 2.45) is 0 Å². The van der Waals surface area contributed by atoms with Gasteiger partial charge in [-0.05, 0) is 36.6 Å². The van der Waals surface area contributed by atoms with Gasteiger partial charge in [-0.15, -0.1) is 0 Å². The van der Waals surface area contributed by atoms with E-state index in [9.17, 15) is 14.4 Å². The minimum Gasteiger partial charge on any atom is -0.497 e. The van der Waals surface area contributed by atoms with Crippen LogP contribution in [0.5, 0.6) is 5.75 Å². The molecule has 3 aromatic rings. The van der Waals surface area contributed by atoms with E-state index in [0.717, 1.165) is 24.2 Å². The number of amides is 1. The van der Waals surface area contributed by atoms with Crippen LogP contribution in [0.4, 0.5) is 0 Å². The number of rotatable bonds is 7. The molecule has 1 N–H and O–H groups in total. The first-order chi connectivity index (χ1) is 14.6. The van der Waals surface area contributed by atoms with Crippen LogP contribution in [0.3, 0.4) is 0 Å². The highest BCUT2D eigenvalue weighted by Crippen LogP contribution is 2.29. The molecule has 0 unspecified atom stereocenters. The van der Waals surface area contributed by atoms with Crippen LogP contribution in [-0.2, 0) is 16.1 Å². The maximum Gasteiger partial charge on any atom is 0.359 e. The van der Waals surface area contributed by atoms with Gasteiger partial charge in [0.15, 0.2) is 12.3 Å². The second-order valence-corrected chi connectivity index (χ2v) is 7.12. The van der Waals surface area contributed by atoms with Gasteiger partial charge in [-0.2, -0.15) is 5.10 Å². The molecule has 8 heteroatoms. The van der Waals surface area contributed by atoms with Crippen molar-refractivity contribution in [2.45, 2.75) is 25.4 Å². The molecule has 154 valence electrons. The SMILES string of the molecule is COc1ccc(CN(C(=O)COC(=O)c2n[nH]c(=O)c3ccccc23)C2CC2)cc1. The number of fused-ring (bicyclic) bond motifs is 1. The monoisotopic (exact) mass is 407 g/mol. The van der Waals surface area contributed by atoms with Gasteiger partial charge in [0.2, 0.25) is 0 Å². The molecule has 8 nitrogen and oxygen atoms in total. The summed E-state index contributed by atoms with van der Waals surface area (Å²) in [6, 6.07) is 14.3. The molecular weight excluding hydrogens is 386 g/mol. The quantitative estimate of drug-likeness (QED) is 0.603. The Labute approximate surface area is 172 Å². The molecular formula is C22H21N3O5. The summed E-state index contributed by atoms with van der Waals surface area (Å²) in [5.74, 6) is -0.274. The third-order valence-electron chi connectivity index (χ3n) is 5.04. The van der Waals surface area contributed by atoms with E-state index in [2.05, 4.69) is 10.2 Å². The smallest absolute Gasteiger partial charge is 0.359 e. The number of methoxy groups -OCH3 is 1. The van der Waals surface area contributed by atoms with Crippen LogP contribution in [-0.4, -0.2) is 46.7 Å². The molecule has 1 saturated carbocycles. The predicted octanol–water partition coefficient (Wildman–Crippen LogP) is 2.28. The molecule has 30 heavy (non-hydrogen) atoms. The van der Waals surface area contributed by atoms with E-state index in [1.165, 1.54) is 0 Å². The van der Waals surface area contributed by atoms with Crippen molar-refractivity contribution in [1.29, 1.82) is 0 Å². The number of aromatic nitrogens is 2. The van der Waals surface area contributed by atoms with Crippen molar-refractivity contribution in [3.63, 3.8) is 0 Å². The number of esters is 1. The van der Waals surface area contributed by atoms with Crippen molar-refractivity contribution in [1.82, 2.24) is 15.1 Å². The van der Waals surface area contributed by atoms with Crippen molar-refractivity contribution < 1.29 is 19.1 Å². The topological polar surface area (TPSA) is 102 Å². The molecule has 1 aromatic heterocycles. The molecule has 0 atom stereocenters. The number of hydrogen-bond donors (Lipinski definition) is 1. The molecule has 1 amide bonds. The first-order valence-electron chi connectivity index (χ1n) is 9.64. The average Bonchev–Trinajstić information content (AvgIpc) is 3.62. The Bertz CT molecular complexity index is 1140. The van der Waals surface area contributed by atoms with Gasteiger partial charge in [-0.3, -0.25) is 9.59 Å². The van der Waals surface area contributed by atoms with E-state index in [0.29, 0.717) is 17.3 Å². The standard InChI is InChI=1S/C22H21N3O5/c1-29-16-10-6-14(7-11-16)12-25(15-8-9-15)19(26)13-30-22(28)20-17-4-2-3-5-18(17)21(27)24-23-20/h2-7,10-11,15H,8-9,12-13H2,1H3,(H,24,27). The lowest BCUT2D eigenvalue weighted by atomic mass is 10.1. The van der Waals surface area contributed by atoms with E-state index < -0.39 is 11.5 Å². The minimum atomic E-state index is -0.754. The van der Waals surface area contributed by atoms with E-state index in [-0.39, 0.29) is 24.2 Å². The van der Waals surface area contributed by atoms with Gasteiger partial charge in [0.05, 0.1) is 12.5 Å². The molecule has 1 fully saturated rings. The third-order valence-corrected chi connectivity index (χ3v) is 5.04. The molecule has 1 aliphatic carbocycles. The van der Waals surface area contributed by atoms with E-state index in [1.807, 2.05) is 24.3 Å². The van der Waals surface area contributed by atoms with Gasteiger partial charge in [0.25, 0.3) is 11.5 Å². The lowest BCUT2D eigenvalue weighted by Crippen LogP contribution is -2.36. The molecule has 2 aromatic carbocycles. The van der Waals surface area contributed by atoms with Crippen LogP contribution in [0.1, 0.15) is 28.9 Å². The summed E-state index contributed by atoms with van der Waals surface area (Å²) in [5, 5.41) is 6.83. The van der Waals surface area contributed by atoms with Gasteiger partial charge < -0.3 is 14.4 Å². The summed E-state index contributed by atoms with van der Waals surface area (Å²) in [6.07, 6.45) is 1.86. The third kappa shape index (κ3) is 4.17. The fourth-order valence-electron chi connectivity index (χ4n) is 3.28. The summed E-state index contributed by atoms with van der Waals surface area (Å²) in [5.41, 5.74) is 0.555. The highest BCUT2D eigenvalue weighted by atomic mass is 16.5. The predicted molar refractivity (Wildman–Crippen MR) is 109 cm³/mol. The number of aromatic amines is 1. The molecule has 1 heterocycles. The number of benzene rings is 2. The number of nitrogens with zero attached hydrogens (tertiary/aromatic N) is 2. The summed E-state index contributed by atoms with van der Waals surface area (Å²) < 4.78 is 10.4. The Balaban J connectivity index is 1.44. The Morgan fingerprint density at radius 1 is 1.10 bits per heavy atom. The summed E-state index contributed by atoms with van der Waals surface area (Å²) >= 11 is 0. The van der Waals surface area contributed by atoms with Crippen LogP contribution in [0.25, 0.3) is 10.8 Å². The van der Waals surface area contributed by atoms with Crippen LogP contribution in [0.15, 0.2) is 53.3 Å². The van der Waals surface area contributed by atoms with Gasteiger partial charge in [0.1, 0.15) is 5.75 Å². The highest BCUT2D eigenvalue weighted by molar-refractivity contribution is 6.02. The zero-order chi connectivity index (χ0) is 21.1. The van der Waals surface area contributed by atoms with Gasteiger partial charge >= 0.3 is 5.97 Å². The largest absolute Gasteiger partial charge is 0.497 e. The normalized spacial score (nSPS) is 13.1. The zero-order valence-electron chi connectivity index (χ0n) is 16.5. The van der Waals surface area contributed by atoms with Crippen LogP contribution in [0.2, 0.25) is 0 Å². The van der Waals surface area contributed by atoms with Crippen LogP contribution in [0, 0.1) is 0 Å². The second kappa shape index (κ2) is 8.36. The van der Waals surface area contributed by atoms with Crippen molar-refractivity contribution in [2.75, 3.05) is 13.7 Å². The highest BCUT2D eigenvalue weighted by Gasteiger charge is 2.33. The first kappa shape index (κ1) is 19.6. The number of hydrogen-bond acceptors (Lipinski definition) is 6. The molecule has 0 spiro atoms. The Morgan fingerprint density at radius 2 is 1.80 bits per heavy atom. The number of H-pyrrole nitrogens is 1. The Hall–Kier alpha value is -3.68. The van der Waals surface area contributed by atoms with Gasteiger partial charge in [0, 0.05) is 18.0 Å². The number of carbonyl (C=O) groups excluding carboxylic acids is 2. The minimum absolute atomic E-state index is 0.0221. The van der Waals surface area contributed by atoms with Crippen LogP contribution < -0.4 is 10.3 Å². The molecule has 0 aliphatic heterocycles. The van der Waals surface area contributed by atoms with Crippen molar-refractivity contribution >= 4 is 22.6 Å². The maximum absolute atomic E-state index is 12.8. The van der Waals surface area contributed by atoms with Gasteiger partial charge in [-0.1, -0.05) is 30.3 Å². The maximum atomic E-state index is 12.8. The summed E-state index contributed by atoms with van der Waals surface area (Å²) in [6.45, 7) is 0.0471. The lowest BCUT2D eigenvalue weighted by molar-refractivity contribution is -0.135. The van der Waals surface area contributed by atoms with Gasteiger partial charge in [-0.25, -0.2) is 9.89 Å². The Morgan fingerprint density at radius 3 is 2.47 bits per heavy atom. The second-order valence-electron chi connectivity index (χ2n) is 7.12. The van der Waals surface area contributed by atoms with E-state index in [4.69, 9.17) is 9.47 Å². The molecule has 4 rings (SSSR count). The zero-order valence-corrected chi connectivity index (χ0v) is 16.5.